The first-order valence-corrected chi connectivity index (χ1v) is 8.40. The summed E-state index contributed by atoms with van der Waals surface area (Å²) in [7, 11) is 0. The van der Waals surface area contributed by atoms with Crippen LogP contribution in [0.1, 0.15) is 33.3 Å². The maximum atomic E-state index is 12.3. The van der Waals surface area contributed by atoms with Gasteiger partial charge in [0.05, 0.1) is 12.8 Å². The van der Waals surface area contributed by atoms with Crippen LogP contribution in [0.25, 0.3) is 0 Å². The van der Waals surface area contributed by atoms with E-state index in [1.54, 1.807) is 30.3 Å². The third-order valence-electron chi connectivity index (χ3n) is 3.91. The minimum Gasteiger partial charge on any atom is -0.489 e. The molecule has 1 atom stereocenters. The number of amides is 1. The van der Waals surface area contributed by atoms with Gasteiger partial charge in [0, 0.05) is 5.56 Å². The number of hydrogen-bond acceptors (Lipinski definition) is 4. The fourth-order valence-corrected chi connectivity index (χ4v) is 2.57. The van der Waals surface area contributed by atoms with Crippen molar-refractivity contribution in [2.24, 2.45) is 0 Å². The molecule has 0 saturated heterocycles. The minimum absolute atomic E-state index is 0.0702. The van der Waals surface area contributed by atoms with Crippen LogP contribution in [0.3, 0.4) is 0 Å². The first-order valence-electron chi connectivity index (χ1n) is 8.40. The van der Waals surface area contributed by atoms with Crippen LogP contribution in [0.4, 0.5) is 0 Å². The zero-order valence-corrected chi connectivity index (χ0v) is 14.5. The fourth-order valence-electron chi connectivity index (χ4n) is 2.57. The van der Waals surface area contributed by atoms with E-state index in [1.165, 1.54) is 11.8 Å². The summed E-state index contributed by atoms with van der Waals surface area (Å²) in [5.74, 6) is 0.753. The fraction of sp³-hybridized carbons (Fsp3) is 0.190. The van der Waals surface area contributed by atoms with Gasteiger partial charge in [-0.1, -0.05) is 35.9 Å². The van der Waals surface area contributed by atoms with Gasteiger partial charge in [0.15, 0.2) is 0 Å². The van der Waals surface area contributed by atoms with Crippen molar-refractivity contribution in [2.75, 3.05) is 6.54 Å². The molecule has 3 aromatic rings. The molecule has 0 saturated carbocycles. The van der Waals surface area contributed by atoms with Gasteiger partial charge in [-0.25, -0.2) is 0 Å². The lowest BCUT2D eigenvalue weighted by molar-refractivity contribution is 0.0900. The Labute approximate surface area is 152 Å². The van der Waals surface area contributed by atoms with Crippen molar-refractivity contribution in [2.45, 2.75) is 19.6 Å². The molecule has 0 aliphatic rings. The normalized spacial score (nSPS) is 11.8. The molecule has 134 valence electrons. The van der Waals surface area contributed by atoms with Crippen molar-refractivity contribution < 1.29 is 19.1 Å². The van der Waals surface area contributed by atoms with Gasteiger partial charge in [-0.2, -0.15) is 0 Å². The second kappa shape index (κ2) is 8.36. The van der Waals surface area contributed by atoms with Gasteiger partial charge >= 0.3 is 0 Å². The van der Waals surface area contributed by atoms with Crippen LogP contribution in [0.2, 0.25) is 0 Å². The first kappa shape index (κ1) is 17.8. The Balaban J connectivity index is 1.56. The predicted octanol–water partition coefficient (Wildman–Crippen LogP) is 3.63. The van der Waals surface area contributed by atoms with Crippen LogP contribution >= 0.6 is 0 Å². The zero-order valence-electron chi connectivity index (χ0n) is 14.5. The Morgan fingerprint density at radius 3 is 2.77 bits per heavy atom. The van der Waals surface area contributed by atoms with Crippen LogP contribution in [-0.2, 0) is 6.61 Å². The molecule has 2 N–H and O–H groups in total. The Morgan fingerprint density at radius 1 is 1.15 bits per heavy atom. The van der Waals surface area contributed by atoms with Gasteiger partial charge < -0.3 is 19.6 Å². The highest BCUT2D eigenvalue weighted by Crippen LogP contribution is 2.16. The summed E-state index contributed by atoms with van der Waals surface area (Å²) in [5, 5.41) is 12.7. The van der Waals surface area contributed by atoms with Crippen LogP contribution in [0.5, 0.6) is 5.75 Å². The number of carbonyl (C=O) groups excluding carboxylic acids is 1. The van der Waals surface area contributed by atoms with Gasteiger partial charge in [-0.15, -0.1) is 0 Å². The molecule has 0 bridgehead atoms. The Hall–Kier alpha value is -3.05. The van der Waals surface area contributed by atoms with E-state index in [0.717, 1.165) is 5.56 Å². The van der Waals surface area contributed by atoms with E-state index >= 15 is 0 Å². The number of ether oxygens (including phenoxy) is 1. The highest BCUT2D eigenvalue weighted by molar-refractivity contribution is 5.94. The SMILES string of the molecule is Cc1cccc(COc2cccc(C(=O)NCC(O)c3ccco3)c2)c1. The number of aliphatic hydroxyl groups excluding tert-OH is 1. The lowest BCUT2D eigenvalue weighted by atomic mass is 10.1. The van der Waals surface area contributed by atoms with Gasteiger partial charge in [-0.05, 0) is 42.8 Å². The smallest absolute Gasteiger partial charge is 0.251 e. The van der Waals surface area contributed by atoms with Crippen molar-refractivity contribution in [3.05, 3.63) is 89.4 Å². The zero-order chi connectivity index (χ0) is 18.4. The molecule has 1 amide bonds. The molecular formula is C21H21NO4. The average Bonchev–Trinajstić information content (AvgIpc) is 3.19. The second-order valence-electron chi connectivity index (χ2n) is 6.05. The van der Waals surface area contributed by atoms with Crippen LogP contribution < -0.4 is 10.1 Å². The molecule has 26 heavy (non-hydrogen) atoms. The average molecular weight is 351 g/mol. The van der Waals surface area contributed by atoms with E-state index in [-0.39, 0.29) is 12.5 Å². The summed E-state index contributed by atoms with van der Waals surface area (Å²) >= 11 is 0. The van der Waals surface area contributed by atoms with Crippen molar-refractivity contribution in [3.8, 4) is 5.75 Å². The first-order chi connectivity index (χ1) is 12.6. The summed E-state index contributed by atoms with van der Waals surface area (Å²) in [6, 6.07) is 18.4. The highest BCUT2D eigenvalue weighted by atomic mass is 16.5. The lowest BCUT2D eigenvalue weighted by Gasteiger charge is -2.11. The van der Waals surface area contributed by atoms with Crippen LogP contribution in [-0.4, -0.2) is 17.6 Å². The lowest BCUT2D eigenvalue weighted by Crippen LogP contribution is -2.28. The predicted molar refractivity (Wildman–Crippen MR) is 98.0 cm³/mol. The van der Waals surface area contributed by atoms with Gasteiger partial charge in [0.2, 0.25) is 0 Å². The molecular weight excluding hydrogens is 330 g/mol. The molecule has 1 aromatic heterocycles. The monoisotopic (exact) mass is 351 g/mol. The Kier molecular flexibility index (Phi) is 5.71. The molecule has 0 radical (unpaired) electrons. The highest BCUT2D eigenvalue weighted by Gasteiger charge is 2.13. The molecule has 0 fully saturated rings. The number of rotatable bonds is 7. The number of nitrogens with one attached hydrogen (secondary N) is 1. The Morgan fingerprint density at radius 2 is 2.00 bits per heavy atom. The maximum absolute atomic E-state index is 12.3. The third kappa shape index (κ3) is 4.74. The van der Waals surface area contributed by atoms with Gasteiger partial charge in [-0.3, -0.25) is 4.79 Å². The summed E-state index contributed by atoms with van der Waals surface area (Å²) in [6.45, 7) is 2.54. The van der Waals surface area contributed by atoms with Crippen molar-refractivity contribution in [1.82, 2.24) is 5.32 Å². The number of hydrogen-bond donors (Lipinski definition) is 2. The van der Waals surface area contributed by atoms with Gasteiger partial charge in [0.25, 0.3) is 5.91 Å². The van der Waals surface area contributed by atoms with Crippen LogP contribution in [0, 0.1) is 6.92 Å². The summed E-state index contributed by atoms with van der Waals surface area (Å²) in [5.41, 5.74) is 2.72. The standard InChI is InChI=1S/C21H21NO4/c1-15-5-2-6-16(11-15)14-26-18-8-3-7-17(12-18)21(24)22-13-19(23)20-9-4-10-25-20/h2-12,19,23H,13-14H2,1H3,(H,22,24). The summed E-state index contributed by atoms with van der Waals surface area (Å²) in [4.78, 5) is 12.3. The molecule has 0 aliphatic heterocycles. The molecule has 0 spiro atoms. The van der Waals surface area contributed by atoms with E-state index in [0.29, 0.717) is 23.7 Å². The van der Waals surface area contributed by atoms with E-state index in [1.807, 2.05) is 31.2 Å². The number of aliphatic hydroxyl groups is 1. The van der Waals surface area contributed by atoms with Gasteiger partial charge in [0.1, 0.15) is 24.2 Å². The number of benzene rings is 2. The van der Waals surface area contributed by atoms with E-state index in [9.17, 15) is 9.90 Å². The minimum atomic E-state index is -0.880. The van der Waals surface area contributed by atoms with E-state index < -0.39 is 6.10 Å². The molecule has 5 heteroatoms. The Bertz CT molecular complexity index is 858. The molecule has 0 aliphatic carbocycles. The van der Waals surface area contributed by atoms with Crippen molar-refractivity contribution >= 4 is 5.91 Å². The molecule has 1 unspecified atom stereocenters. The summed E-state index contributed by atoms with van der Waals surface area (Å²) < 4.78 is 10.9. The van der Waals surface area contributed by atoms with Crippen molar-refractivity contribution in [3.63, 3.8) is 0 Å². The molecule has 3 rings (SSSR count). The third-order valence-corrected chi connectivity index (χ3v) is 3.91. The molecule has 5 nitrogen and oxygen atoms in total. The number of carbonyl (C=O) groups is 1. The topological polar surface area (TPSA) is 71.7 Å². The molecule has 1 heterocycles. The summed E-state index contributed by atoms with van der Waals surface area (Å²) in [6.07, 6.45) is 0.602. The largest absolute Gasteiger partial charge is 0.489 e. The maximum Gasteiger partial charge on any atom is 0.251 e. The number of furan rings is 1. The second-order valence-corrected chi connectivity index (χ2v) is 6.05. The quantitative estimate of drug-likeness (QED) is 0.682. The molecule has 2 aromatic carbocycles. The van der Waals surface area contributed by atoms with E-state index in [2.05, 4.69) is 11.4 Å². The van der Waals surface area contributed by atoms with Crippen molar-refractivity contribution in [1.29, 1.82) is 0 Å². The van der Waals surface area contributed by atoms with Crippen LogP contribution in [0.15, 0.2) is 71.3 Å². The van der Waals surface area contributed by atoms with E-state index in [4.69, 9.17) is 9.15 Å². The number of aryl methyl sites for hydroxylation is 1.